The maximum absolute atomic E-state index is 11.0. The fourth-order valence-electron chi connectivity index (χ4n) is 3.90. The van der Waals surface area contributed by atoms with E-state index in [1.54, 1.807) is 0 Å². The first-order chi connectivity index (χ1) is 7.32. The lowest BCUT2D eigenvalue weighted by atomic mass is 9.42. The minimum atomic E-state index is -0.612. The van der Waals surface area contributed by atoms with Crippen molar-refractivity contribution >= 4 is 0 Å². The molecule has 0 aromatic heterocycles. The normalized spacial score (nSPS) is 42.9. The Balaban J connectivity index is 2.35. The van der Waals surface area contributed by atoms with Gasteiger partial charge in [-0.25, -0.2) is 0 Å². The van der Waals surface area contributed by atoms with Gasteiger partial charge < -0.3 is 5.11 Å². The minimum absolute atomic E-state index is 0.302. The van der Waals surface area contributed by atoms with Crippen LogP contribution in [0.1, 0.15) is 47.0 Å². The number of aliphatic hydroxyl groups is 1. The molecule has 1 nitrogen and oxygen atoms in total. The highest BCUT2D eigenvalue weighted by Crippen LogP contribution is 2.65. The van der Waals surface area contributed by atoms with E-state index in [1.807, 2.05) is 6.92 Å². The second-order valence-electron chi connectivity index (χ2n) is 6.38. The van der Waals surface area contributed by atoms with E-state index in [2.05, 4.69) is 33.4 Å². The lowest BCUT2D eigenvalue weighted by Crippen LogP contribution is -2.62. The molecular formula is C15H24O. The lowest BCUT2D eigenvalue weighted by molar-refractivity contribution is -0.168. The van der Waals surface area contributed by atoms with Gasteiger partial charge in [-0.2, -0.15) is 0 Å². The molecule has 0 heterocycles. The standard InChI is InChI=1S/C15H24O/c1-6-11-7-12-8-13(14(12,4)5)15(11,16)9-10(2)3/h6,12-13,16H,2,7-9H2,1,3-5H3. The quantitative estimate of drug-likeness (QED) is 0.704. The van der Waals surface area contributed by atoms with Crippen molar-refractivity contribution in [2.24, 2.45) is 17.3 Å². The molecule has 0 spiro atoms. The van der Waals surface area contributed by atoms with Gasteiger partial charge >= 0.3 is 0 Å². The molecule has 0 aromatic rings. The van der Waals surface area contributed by atoms with Gasteiger partial charge in [0.05, 0.1) is 5.60 Å². The van der Waals surface area contributed by atoms with Gasteiger partial charge in [-0.05, 0) is 49.5 Å². The number of hydrogen-bond acceptors (Lipinski definition) is 1. The van der Waals surface area contributed by atoms with Gasteiger partial charge in [0.25, 0.3) is 0 Å². The molecule has 3 atom stereocenters. The van der Waals surface area contributed by atoms with Crippen LogP contribution < -0.4 is 0 Å². The number of fused-ring (bicyclic) bond motifs is 2. The average Bonchev–Trinajstić information content (AvgIpc) is 2.15. The first-order valence-corrected chi connectivity index (χ1v) is 6.34. The molecule has 0 amide bonds. The van der Waals surface area contributed by atoms with Crippen LogP contribution in [0.2, 0.25) is 0 Å². The Morgan fingerprint density at radius 2 is 2.19 bits per heavy atom. The van der Waals surface area contributed by atoms with Crippen molar-refractivity contribution in [3.8, 4) is 0 Å². The summed E-state index contributed by atoms with van der Waals surface area (Å²) < 4.78 is 0. The van der Waals surface area contributed by atoms with Gasteiger partial charge in [0.2, 0.25) is 0 Å². The van der Waals surface area contributed by atoms with E-state index in [-0.39, 0.29) is 0 Å². The Labute approximate surface area is 99.3 Å². The molecule has 3 unspecified atom stereocenters. The van der Waals surface area contributed by atoms with Crippen molar-refractivity contribution in [1.82, 2.24) is 0 Å². The Morgan fingerprint density at radius 1 is 1.56 bits per heavy atom. The molecule has 0 aromatic carbocycles. The van der Waals surface area contributed by atoms with Crippen LogP contribution in [0.5, 0.6) is 0 Å². The van der Waals surface area contributed by atoms with Gasteiger partial charge in [-0.3, -0.25) is 0 Å². The van der Waals surface area contributed by atoms with Crippen molar-refractivity contribution in [2.45, 2.75) is 52.6 Å². The van der Waals surface area contributed by atoms with Gasteiger partial charge in [0.1, 0.15) is 0 Å². The van der Waals surface area contributed by atoms with Crippen LogP contribution in [-0.4, -0.2) is 10.7 Å². The van der Waals surface area contributed by atoms with E-state index in [1.165, 1.54) is 12.0 Å². The Morgan fingerprint density at radius 3 is 2.62 bits per heavy atom. The molecule has 3 aliphatic rings. The first-order valence-electron chi connectivity index (χ1n) is 6.34. The van der Waals surface area contributed by atoms with E-state index in [0.29, 0.717) is 11.3 Å². The van der Waals surface area contributed by atoms with Crippen LogP contribution in [0.4, 0.5) is 0 Å². The van der Waals surface area contributed by atoms with Crippen LogP contribution in [0, 0.1) is 17.3 Å². The largest absolute Gasteiger partial charge is 0.385 e. The second-order valence-corrected chi connectivity index (χ2v) is 6.38. The maximum Gasteiger partial charge on any atom is 0.0926 e. The molecule has 3 rings (SSSR count). The highest BCUT2D eigenvalue weighted by Gasteiger charge is 2.62. The molecule has 0 aliphatic heterocycles. The van der Waals surface area contributed by atoms with Gasteiger partial charge in [0.15, 0.2) is 0 Å². The Hall–Kier alpha value is -0.560. The van der Waals surface area contributed by atoms with Gasteiger partial charge in [-0.1, -0.05) is 25.5 Å². The number of hydrogen-bond donors (Lipinski definition) is 1. The van der Waals surface area contributed by atoms with Crippen molar-refractivity contribution in [3.05, 3.63) is 23.8 Å². The lowest BCUT2D eigenvalue weighted by Gasteiger charge is -2.64. The third-order valence-corrected chi connectivity index (χ3v) is 4.99. The Kier molecular flexibility index (Phi) is 2.58. The van der Waals surface area contributed by atoms with Crippen LogP contribution in [0.15, 0.2) is 23.8 Å². The zero-order valence-electron chi connectivity index (χ0n) is 11.0. The van der Waals surface area contributed by atoms with Crippen LogP contribution in [-0.2, 0) is 0 Å². The molecule has 90 valence electrons. The monoisotopic (exact) mass is 220 g/mol. The maximum atomic E-state index is 11.0. The van der Waals surface area contributed by atoms with E-state index < -0.39 is 5.60 Å². The third kappa shape index (κ3) is 1.41. The summed E-state index contributed by atoms with van der Waals surface area (Å²) in [6.07, 6.45) is 5.11. The summed E-state index contributed by atoms with van der Waals surface area (Å²) in [7, 11) is 0. The predicted molar refractivity (Wildman–Crippen MR) is 68.1 cm³/mol. The summed E-state index contributed by atoms with van der Waals surface area (Å²) in [6, 6.07) is 0. The highest BCUT2D eigenvalue weighted by atomic mass is 16.3. The highest BCUT2D eigenvalue weighted by molar-refractivity contribution is 5.31. The first kappa shape index (κ1) is 11.9. The van der Waals surface area contributed by atoms with Crippen LogP contribution in [0.25, 0.3) is 0 Å². The molecule has 1 N–H and O–H groups in total. The van der Waals surface area contributed by atoms with E-state index in [9.17, 15) is 5.11 Å². The summed E-state index contributed by atoms with van der Waals surface area (Å²) in [4.78, 5) is 0. The zero-order chi connectivity index (χ0) is 12.1. The number of rotatable bonds is 2. The molecule has 0 radical (unpaired) electrons. The fourth-order valence-corrected chi connectivity index (χ4v) is 3.90. The molecule has 16 heavy (non-hydrogen) atoms. The number of allylic oxidation sites excluding steroid dienone is 1. The molecular weight excluding hydrogens is 196 g/mol. The molecule has 1 heteroatoms. The molecule has 3 aliphatic carbocycles. The Bertz CT molecular complexity index is 350. The summed E-state index contributed by atoms with van der Waals surface area (Å²) in [5.74, 6) is 1.19. The van der Waals surface area contributed by atoms with Crippen LogP contribution in [0.3, 0.4) is 0 Å². The summed E-state index contributed by atoms with van der Waals surface area (Å²) in [5.41, 5.74) is 2.02. The summed E-state index contributed by atoms with van der Waals surface area (Å²) in [6.45, 7) is 12.7. The third-order valence-electron chi connectivity index (χ3n) is 4.99. The topological polar surface area (TPSA) is 20.2 Å². The SMILES string of the molecule is C=C(C)CC1(O)C(=CC)CC2CC1C2(C)C. The van der Waals surface area contributed by atoms with Crippen molar-refractivity contribution in [1.29, 1.82) is 0 Å². The van der Waals surface area contributed by atoms with Crippen molar-refractivity contribution in [3.63, 3.8) is 0 Å². The van der Waals surface area contributed by atoms with E-state index in [0.717, 1.165) is 24.3 Å². The van der Waals surface area contributed by atoms with Crippen molar-refractivity contribution in [2.75, 3.05) is 0 Å². The van der Waals surface area contributed by atoms with Gasteiger partial charge in [-0.15, -0.1) is 6.58 Å². The van der Waals surface area contributed by atoms with Gasteiger partial charge in [0, 0.05) is 6.42 Å². The molecule has 2 bridgehead atoms. The second kappa shape index (κ2) is 3.46. The minimum Gasteiger partial charge on any atom is -0.385 e. The van der Waals surface area contributed by atoms with Crippen LogP contribution >= 0.6 is 0 Å². The van der Waals surface area contributed by atoms with E-state index in [4.69, 9.17) is 0 Å². The molecule has 3 saturated carbocycles. The smallest absolute Gasteiger partial charge is 0.0926 e. The average molecular weight is 220 g/mol. The predicted octanol–water partition coefficient (Wildman–Crippen LogP) is 3.70. The van der Waals surface area contributed by atoms with E-state index >= 15 is 0 Å². The van der Waals surface area contributed by atoms with Crippen molar-refractivity contribution < 1.29 is 5.11 Å². The molecule has 0 saturated heterocycles. The summed E-state index contributed by atoms with van der Waals surface area (Å²) in [5, 5.41) is 11.0. The summed E-state index contributed by atoms with van der Waals surface area (Å²) >= 11 is 0. The molecule has 3 fully saturated rings. The fraction of sp³-hybridized carbons (Fsp3) is 0.733. The zero-order valence-corrected chi connectivity index (χ0v) is 11.0.